The van der Waals surface area contributed by atoms with Crippen molar-refractivity contribution in [1.29, 1.82) is 0 Å². The minimum Gasteiger partial charge on any atom is -0.481 e. The molecular formula is C13H17N3O3. The highest BCUT2D eigenvalue weighted by Gasteiger charge is 2.36. The number of likely N-dealkylation sites (tertiary alicyclic amines) is 1. The summed E-state index contributed by atoms with van der Waals surface area (Å²) in [6.07, 6.45) is 3.36. The lowest BCUT2D eigenvalue weighted by Crippen LogP contribution is -2.38. The Morgan fingerprint density at radius 3 is 2.89 bits per heavy atom. The molecule has 2 unspecified atom stereocenters. The molecule has 1 saturated heterocycles. The first kappa shape index (κ1) is 13.3. The van der Waals surface area contributed by atoms with Crippen molar-refractivity contribution < 1.29 is 14.7 Å². The Balaban J connectivity index is 1.86. The molecule has 0 aliphatic carbocycles. The van der Waals surface area contributed by atoms with Gasteiger partial charge in [0, 0.05) is 32.0 Å². The SMILES string of the molecule is CC1CN(C(=O)NCc2cccnc2)CC1C(=O)O. The fraction of sp³-hybridized carbons (Fsp3) is 0.462. The lowest BCUT2D eigenvalue weighted by molar-refractivity contribution is -0.142. The van der Waals surface area contributed by atoms with Crippen molar-refractivity contribution in [2.24, 2.45) is 11.8 Å². The van der Waals surface area contributed by atoms with E-state index in [2.05, 4.69) is 10.3 Å². The van der Waals surface area contributed by atoms with E-state index in [1.165, 1.54) is 0 Å². The van der Waals surface area contributed by atoms with Gasteiger partial charge in [-0.25, -0.2) is 4.79 Å². The van der Waals surface area contributed by atoms with E-state index in [1.807, 2.05) is 13.0 Å². The second kappa shape index (κ2) is 5.69. The van der Waals surface area contributed by atoms with Crippen molar-refractivity contribution in [3.63, 3.8) is 0 Å². The third kappa shape index (κ3) is 3.21. The van der Waals surface area contributed by atoms with Crippen LogP contribution in [0.4, 0.5) is 4.79 Å². The number of carbonyl (C=O) groups excluding carboxylic acids is 1. The maximum atomic E-state index is 11.9. The van der Waals surface area contributed by atoms with Gasteiger partial charge in [0.05, 0.1) is 5.92 Å². The van der Waals surface area contributed by atoms with Crippen molar-refractivity contribution in [3.8, 4) is 0 Å². The van der Waals surface area contributed by atoms with Gasteiger partial charge in [0.2, 0.25) is 0 Å². The number of aliphatic carboxylic acids is 1. The Hall–Kier alpha value is -2.11. The summed E-state index contributed by atoms with van der Waals surface area (Å²) in [7, 11) is 0. The molecule has 1 aliphatic heterocycles. The Kier molecular flexibility index (Phi) is 3.99. The van der Waals surface area contributed by atoms with Crippen LogP contribution in [-0.4, -0.2) is 40.1 Å². The van der Waals surface area contributed by atoms with Crippen LogP contribution >= 0.6 is 0 Å². The number of amides is 2. The van der Waals surface area contributed by atoms with Crippen molar-refractivity contribution >= 4 is 12.0 Å². The van der Waals surface area contributed by atoms with E-state index in [1.54, 1.807) is 23.4 Å². The molecule has 2 rings (SSSR count). The topological polar surface area (TPSA) is 82.5 Å². The van der Waals surface area contributed by atoms with Gasteiger partial charge in [-0.15, -0.1) is 0 Å². The number of carboxylic acids is 1. The third-order valence-electron chi connectivity index (χ3n) is 3.38. The third-order valence-corrected chi connectivity index (χ3v) is 3.38. The average Bonchev–Trinajstić information content (AvgIpc) is 2.79. The quantitative estimate of drug-likeness (QED) is 0.850. The van der Waals surface area contributed by atoms with E-state index >= 15 is 0 Å². The summed E-state index contributed by atoms with van der Waals surface area (Å²) in [5.74, 6) is -1.32. The molecule has 6 nitrogen and oxygen atoms in total. The predicted octanol–water partition coefficient (Wildman–Crippen LogP) is 0.944. The highest BCUT2D eigenvalue weighted by Crippen LogP contribution is 2.22. The van der Waals surface area contributed by atoms with E-state index in [-0.39, 0.29) is 18.5 Å². The standard InChI is InChI=1S/C13H17N3O3/c1-9-7-16(8-11(9)12(17)18)13(19)15-6-10-3-2-4-14-5-10/h2-5,9,11H,6-8H2,1H3,(H,15,19)(H,17,18). The van der Waals surface area contributed by atoms with Crippen LogP contribution in [-0.2, 0) is 11.3 Å². The summed E-state index contributed by atoms with van der Waals surface area (Å²) in [5.41, 5.74) is 0.915. The number of nitrogens with zero attached hydrogens (tertiary/aromatic N) is 2. The number of pyridine rings is 1. The van der Waals surface area contributed by atoms with Gasteiger partial charge in [0.1, 0.15) is 0 Å². The summed E-state index contributed by atoms with van der Waals surface area (Å²) in [6, 6.07) is 3.46. The molecule has 0 saturated carbocycles. The molecule has 2 amide bonds. The van der Waals surface area contributed by atoms with Crippen LogP contribution in [0, 0.1) is 11.8 Å². The number of urea groups is 1. The smallest absolute Gasteiger partial charge is 0.317 e. The molecule has 0 aromatic carbocycles. The average molecular weight is 263 g/mol. The monoisotopic (exact) mass is 263 g/mol. The van der Waals surface area contributed by atoms with Gasteiger partial charge in [-0.05, 0) is 17.5 Å². The molecule has 2 N–H and O–H groups in total. The first-order valence-corrected chi connectivity index (χ1v) is 6.22. The van der Waals surface area contributed by atoms with E-state index in [9.17, 15) is 9.59 Å². The largest absolute Gasteiger partial charge is 0.481 e. The molecule has 1 aliphatic rings. The molecule has 2 atom stereocenters. The highest BCUT2D eigenvalue weighted by molar-refractivity contribution is 5.77. The molecule has 1 aromatic heterocycles. The van der Waals surface area contributed by atoms with Gasteiger partial charge in [0.15, 0.2) is 0 Å². The van der Waals surface area contributed by atoms with Gasteiger partial charge in [-0.3, -0.25) is 9.78 Å². The number of carbonyl (C=O) groups is 2. The molecule has 0 radical (unpaired) electrons. The molecule has 1 aromatic rings. The van der Waals surface area contributed by atoms with Crippen molar-refractivity contribution in [3.05, 3.63) is 30.1 Å². The van der Waals surface area contributed by atoms with Crippen LogP contribution in [0.2, 0.25) is 0 Å². The summed E-state index contributed by atoms with van der Waals surface area (Å²) in [4.78, 5) is 28.4. The van der Waals surface area contributed by atoms with E-state index < -0.39 is 11.9 Å². The molecule has 0 spiro atoms. The number of rotatable bonds is 3. The van der Waals surface area contributed by atoms with Crippen LogP contribution in [0.1, 0.15) is 12.5 Å². The fourth-order valence-electron chi connectivity index (χ4n) is 2.25. The van der Waals surface area contributed by atoms with Crippen LogP contribution < -0.4 is 5.32 Å². The number of nitrogens with one attached hydrogen (secondary N) is 1. The molecule has 0 bridgehead atoms. The van der Waals surface area contributed by atoms with Gasteiger partial charge in [-0.2, -0.15) is 0 Å². The normalized spacial score (nSPS) is 22.3. The van der Waals surface area contributed by atoms with E-state index in [0.29, 0.717) is 13.1 Å². The van der Waals surface area contributed by atoms with Gasteiger partial charge >= 0.3 is 12.0 Å². The maximum absolute atomic E-state index is 11.9. The Bertz CT molecular complexity index is 463. The van der Waals surface area contributed by atoms with Gasteiger partial charge in [0.25, 0.3) is 0 Å². The van der Waals surface area contributed by atoms with Crippen LogP contribution in [0.5, 0.6) is 0 Å². The maximum Gasteiger partial charge on any atom is 0.317 e. The van der Waals surface area contributed by atoms with E-state index in [4.69, 9.17) is 5.11 Å². The molecule has 2 heterocycles. The molecule has 6 heteroatoms. The first-order valence-electron chi connectivity index (χ1n) is 6.22. The number of hydrogen-bond acceptors (Lipinski definition) is 3. The van der Waals surface area contributed by atoms with Gasteiger partial charge in [-0.1, -0.05) is 13.0 Å². The minimum absolute atomic E-state index is 0.0124. The van der Waals surface area contributed by atoms with E-state index in [0.717, 1.165) is 5.56 Å². The van der Waals surface area contributed by atoms with Crippen LogP contribution in [0.25, 0.3) is 0 Å². The lowest BCUT2D eigenvalue weighted by Gasteiger charge is -2.16. The Labute approximate surface area is 111 Å². The summed E-state index contributed by atoms with van der Waals surface area (Å²) >= 11 is 0. The summed E-state index contributed by atoms with van der Waals surface area (Å²) < 4.78 is 0. The highest BCUT2D eigenvalue weighted by atomic mass is 16.4. The van der Waals surface area contributed by atoms with Crippen molar-refractivity contribution in [1.82, 2.24) is 15.2 Å². The Morgan fingerprint density at radius 2 is 2.32 bits per heavy atom. The van der Waals surface area contributed by atoms with Crippen LogP contribution in [0.3, 0.4) is 0 Å². The Morgan fingerprint density at radius 1 is 1.53 bits per heavy atom. The second-order valence-corrected chi connectivity index (χ2v) is 4.85. The predicted molar refractivity (Wildman–Crippen MR) is 68.3 cm³/mol. The lowest BCUT2D eigenvalue weighted by atomic mass is 9.99. The van der Waals surface area contributed by atoms with Crippen molar-refractivity contribution in [2.45, 2.75) is 13.5 Å². The second-order valence-electron chi connectivity index (χ2n) is 4.85. The zero-order chi connectivity index (χ0) is 13.8. The molecule has 19 heavy (non-hydrogen) atoms. The van der Waals surface area contributed by atoms with Crippen molar-refractivity contribution in [2.75, 3.05) is 13.1 Å². The van der Waals surface area contributed by atoms with Crippen LogP contribution in [0.15, 0.2) is 24.5 Å². The summed E-state index contributed by atoms with van der Waals surface area (Å²) in [5, 5.41) is 11.8. The molecule has 1 fully saturated rings. The zero-order valence-electron chi connectivity index (χ0n) is 10.7. The first-order chi connectivity index (χ1) is 9.08. The fourth-order valence-corrected chi connectivity index (χ4v) is 2.25. The number of carboxylic acid groups (broad SMARTS) is 1. The summed E-state index contributed by atoms with van der Waals surface area (Å²) in [6.45, 7) is 3.01. The number of hydrogen-bond donors (Lipinski definition) is 2. The number of aromatic nitrogens is 1. The molecular weight excluding hydrogens is 246 g/mol. The van der Waals surface area contributed by atoms with Gasteiger partial charge < -0.3 is 15.3 Å². The molecule has 102 valence electrons. The zero-order valence-corrected chi connectivity index (χ0v) is 10.7. The minimum atomic E-state index is -0.838.